The molecule has 0 saturated carbocycles. The Hall–Kier alpha value is -0.0800. The SMILES string of the molecule is CC(C)CNC(CN(C)C)C(C)C. The predicted octanol–water partition coefficient (Wildman–Crippen LogP) is 1.82. The van der Waals surface area contributed by atoms with Crippen LogP contribution in [0, 0.1) is 11.8 Å². The molecule has 13 heavy (non-hydrogen) atoms. The third kappa shape index (κ3) is 7.03. The van der Waals surface area contributed by atoms with Gasteiger partial charge in [0.05, 0.1) is 0 Å². The van der Waals surface area contributed by atoms with E-state index in [0.29, 0.717) is 12.0 Å². The van der Waals surface area contributed by atoms with Gasteiger partial charge in [-0.2, -0.15) is 0 Å². The molecule has 0 aliphatic carbocycles. The van der Waals surface area contributed by atoms with Crippen LogP contribution in [0.15, 0.2) is 0 Å². The van der Waals surface area contributed by atoms with E-state index in [1.165, 1.54) is 0 Å². The zero-order chi connectivity index (χ0) is 10.4. The van der Waals surface area contributed by atoms with Crippen molar-refractivity contribution < 1.29 is 0 Å². The second kappa shape index (κ2) is 6.39. The van der Waals surface area contributed by atoms with Gasteiger partial charge in [0.15, 0.2) is 0 Å². The van der Waals surface area contributed by atoms with E-state index in [1.807, 2.05) is 0 Å². The summed E-state index contributed by atoms with van der Waals surface area (Å²) >= 11 is 0. The average Bonchev–Trinajstić information content (AvgIpc) is 1.96. The maximum atomic E-state index is 3.61. The molecule has 1 atom stereocenters. The lowest BCUT2D eigenvalue weighted by molar-refractivity contribution is 0.282. The van der Waals surface area contributed by atoms with Crippen molar-refractivity contribution in [1.29, 1.82) is 0 Å². The maximum Gasteiger partial charge on any atom is 0.0217 e. The monoisotopic (exact) mass is 186 g/mol. The van der Waals surface area contributed by atoms with Crippen LogP contribution in [-0.4, -0.2) is 38.1 Å². The summed E-state index contributed by atoms with van der Waals surface area (Å²) in [5, 5.41) is 3.61. The van der Waals surface area contributed by atoms with E-state index < -0.39 is 0 Å². The van der Waals surface area contributed by atoms with E-state index in [0.717, 1.165) is 19.0 Å². The average molecular weight is 186 g/mol. The third-order valence-corrected chi connectivity index (χ3v) is 2.15. The molecule has 0 rings (SSSR count). The van der Waals surface area contributed by atoms with Crippen molar-refractivity contribution in [3.63, 3.8) is 0 Å². The minimum Gasteiger partial charge on any atom is -0.312 e. The van der Waals surface area contributed by atoms with Crippen LogP contribution in [0.3, 0.4) is 0 Å². The largest absolute Gasteiger partial charge is 0.312 e. The van der Waals surface area contributed by atoms with Crippen molar-refractivity contribution in [3.8, 4) is 0 Å². The Morgan fingerprint density at radius 2 is 1.62 bits per heavy atom. The quantitative estimate of drug-likeness (QED) is 0.680. The summed E-state index contributed by atoms with van der Waals surface area (Å²) in [6.45, 7) is 11.3. The van der Waals surface area contributed by atoms with E-state index >= 15 is 0 Å². The lowest BCUT2D eigenvalue weighted by Gasteiger charge is -2.26. The van der Waals surface area contributed by atoms with Gasteiger partial charge in [-0.05, 0) is 32.5 Å². The second-order valence-corrected chi connectivity index (χ2v) is 4.91. The molecule has 2 nitrogen and oxygen atoms in total. The molecule has 0 bridgehead atoms. The Labute approximate surface area is 83.7 Å². The number of nitrogens with one attached hydrogen (secondary N) is 1. The van der Waals surface area contributed by atoms with Gasteiger partial charge in [0.2, 0.25) is 0 Å². The van der Waals surface area contributed by atoms with Crippen molar-refractivity contribution in [3.05, 3.63) is 0 Å². The minimum atomic E-state index is 0.623. The number of rotatable bonds is 6. The molecule has 0 aromatic carbocycles. The molecule has 0 aromatic rings. The first-order chi connectivity index (χ1) is 5.93. The van der Waals surface area contributed by atoms with Crippen LogP contribution in [-0.2, 0) is 0 Å². The predicted molar refractivity (Wildman–Crippen MR) is 60.0 cm³/mol. The van der Waals surface area contributed by atoms with Gasteiger partial charge in [-0.15, -0.1) is 0 Å². The highest BCUT2D eigenvalue weighted by Gasteiger charge is 2.13. The van der Waals surface area contributed by atoms with Crippen molar-refractivity contribution in [1.82, 2.24) is 10.2 Å². The Morgan fingerprint density at radius 1 is 1.08 bits per heavy atom. The maximum absolute atomic E-state index is 3.61. The van der Waals surface area contributed by atoms with Crippen molar-refractivity contribution in [2.24, 2.45) is 11.8 Å². The molecule has 0 heterocycles. The third-order valence-electron chi connectivity index (χ3n) is 2.15. The van der Waals surface area contributed by atoms with Crippen LogP contribution in [0.1, 0.15) is 27.7 Å². The second-order valence-electron chi connectivity index (χ2n) is 4.91. The summed E-state index contributed by atoms with van der Waals surface area (Å²) in [6, 6.07) is 0.623. The highest BCUT2D eigenvalue weighted by atomic mass is 15.1. The molecule has 0 aliphatic rings. The number of hydrogen-bond donors (Lipinski definition) is 1. The Morgan fingerprint density at radius 3 is 1.92 bits per heavy atom. The zero-order valence-electron chi connectivity index (χ0n) is 10.1. The van der Waals surface area contributed by atoms with Crippen molar-refractivity contribution in [2.75, 3.05) is 27.2 Å². The molecule has 0 radical (unpaired) electrons. The molecule has 1 N–H and O–H groups in total. The normalized spacial score (nSPS) is 14.5. The molecule has 2 heteroatoms. The van der Waals surface area contributed by atoms with Crippen LogP contribution in [0.2, 0.25) is 0 Å². The van der Waals surface area contributed by atoms with Gasteiger partial charge in [-0.1, -0.05) is 27.7 Å². The summed E-state index contributed by atoms with van der Waals surface area (Å²) in [5.74, 6) is 1.45. The zero-order valence-corrected chi connectivity index (χ0v) is 10.1. The highest BCUT2D eigenvalue weighted by Crippen LogP contribution is 2.03. The summed E-state index contributed by atoms with van der Waals surface area (Å²) in [4.78, 5) is 2.25. The van der Waals surface area contributed by atoms with Gasteiger partial charge in [-0.25, -0.2) is 0 Å². The number of hydrogen-bond acceptors (Lipinski definition) is 2. The van der Waals surface area contributed by atoms with E-state index in [2.05, 4.69) is 52.0 Å². The van der Waals surface area contributed by atoms with E-state index in [1.54, 1.807) is 0 Å². The minimum absolute atomic E-state index is 0.623. The summed E-state index contributed by atoms with van der Waals surface area (Å²) < 4.78 is 0. The first-order valence-electron chi connectivity index (χ1n) is 5.31. The molecule has 0 fully saturated rings. The standard InChI is InChI=1S/C11H26N2/c1-9(2)7-12-11(10(3)4)8-13(5)6/h9-12H,7-8H2,1-6H3. The molecule has 1 unspecified atom stereocenters. The van der Waals surface area contributed by atoms with Crippen LogP contribution < -0.4 is 5.32 Å². The Bertz CT molecular complexity index is 119. The van der Waals surface area contributed by atoms with Gasteiger partial charge in [0, 0.05) is 12.6 Å². The topological polar surface area (TPSA) is 15.3 Å². The molecule has 0 aliphatic heterocycles. The molecular weight excluding hydrogens is 160 g/mol. The van der Waals surface area contributed by atoms with Gasteiger partial charge < -0.3 is 10.2 Å². The number of likely N-dealkylation sites (N-methyl/N-ethyl adjacent to an activating group) is 1. The molecule has 80 valence electrons. The summed E-state index contributed by atoms with van der Waals surface area (Å²) in [6.07, 6.45) is 0. The molecular formula is C11H26N2. The molecule has 0 saturated heterocycles. The molecule has 0 aromatic heterocycles. The lowest BCUT2D eigenvalue weighted by atomic mass is 10.0. The highest BCUT2D eigenvalue weighted by molar-refractivity contribution is 4.73. The van der Waals surface area contributed by atoms with E-state index in [4.69, 9.17) is 0 Å². The van der Waals surface area contributed by atoms with Crippen molar-refractivity contribution in [2.45, 2.75) is 33.7 Å². The van der Waals surface area contributed by atoms with Crippen LogP contribution in [0.25, 0.3) is 0 Å². The van der Waals surface area contributed by atoms with Crippen LogP contribution in [0.4, 0.5) is 0 Å². The van der Waals surface area contributed by atoms with E-state index in [9.17, 15) is 0 Å². The fourth-order valence-corrected chi connectivity index (χ4v) is 1.29. The Kier molecular flexibility index (Phi) is 6.35. The summed E-state index contributed by atoms with van der Waals surface area (Å²) in [7, 11) is 4.26. The fourth-order valence-electron chi connectivity index (χ4n) is 1.29. The Balaban J connectivity index is 3.81. The van der Waals surface area contributed by atoms with Crippen molar-refractivity contribution >= 4 is 0 Å². The summed E-state index contributed by atoms with van der Waals surface area (Å²) in [5.41, 5.74) is 0. The van der Waals surface area contributed by atoms with Crippen LogP contribution >= 0.6 is 0 Å². The number of nitrogens with zero attached hydrogens (tertiary/aromatic N) is 1. The fraction of sp³-hybridized carbons (Fsp3) is 1.00. The van der Waals surface area contributed by atoms with Gasteiger partial charge in [0.1, 0.15) is 0 Å². The van der Waals surface area contributed by atoms with Gasteiger partial charge >= 0.3 is 0 Å². The van der Waals surface area contributed by atoms with E-state index in [-0.39, 0.29) is 0 Å². The van der Waals surface area contributed by atoms with Gasteiger partial charge in [-0.3, -0.25) is 0 Å². The molecule has 0 spiro atoms. The lowest BCUT2D eigenvalue weighted by Crippen LogP contribution is -2.43. The smallest absolute Gasteiger partial charge is 0.0217 e. The first kappa shape index (κ1) is 12.9. The first-order valence-corrected chi connectivity index (χ1v) is 5.31. The van der Waals surface area contributed by atoms with Gasteiger partial charge in [0.25, 0.3) is 0 Å². The molecule has 0 amide bonds. The van der Waals surface area contributed by atoms with Crippen LogP contribution in [0.5, 0.6) is 0 Å².